The van der Waals surface area contributed by atoms with Gasteiger partial charge in [0.2, 0.25) is 0 Å². The molecule has 0 fully saturated rings. The normalized spacial score (nSPS) is 13.5. The summed E-state index contributed by atoms with van der Waals surface area (Å²) in [6.07, 6.45) is 13.0. The number of anilines is 1. The molecule has 0 saturated heterocycles. The number of aryl methyl sites for hydroxylation is 1. The van der Waals surface area contributed by atoms with Crippen LogP contribution < -0.4 is 10.3 Å². The van der Waals surface area contributed by atoms with Crippen LogP contribution in [0.3, 0.4) is 0 Å². The van der Waals surface area contributed by atoms with E-state index in [1.807, 2.05) is 65.9 Å². The SMILES string of the molecule is Cc1ccnc2c1c(=O)cc(N(C)C1=CC=CCC=C1)n2-c1ccccc1. The summed E-state index contributed by atoms with van der Waals surface area (Å²) in [6.45, 7) is 1.95. The Bertz CT molecular complexity index is 1140. The molecule has 0 bridgehead atoms. The molecule has 0 atom stereocenters. The summed E-state index contributed by atoms with van der Waals surface area (Å²) in [4.78, 5) is 19.5. The van der Waals surface area contributed by atoms with Crippen LogP contribution in [0.4, 0.5) is 5.82 Å². The van der Waals surface area contributed by atoms with Crippen LogP contribution in [0, 0.1) is 6.92 Å². The van der Waals surface area contributed by atoms with Crippen molar-refractivity contribution in [2.45, 2.75) is 13.3 Å². The van der Waals surface area contributed by atoms with Crippen molar-refractivity contribution in [1.29, 1.82) is 0 Å². The molecule has 2 heterocycles. The second-order valence-corrected chi connectivity index (χ2v) is 6.58. The molecule has 0 spiro atoms. The minimum absolute atomic E-state index is 0.0154. The highest BCUT2D eigenvalue weighted by molar-refractivity contribution is 5.83. The van der Waals surface area contributed by atoms with E-state index >= 15 is 0 Å². The van der Waals surface area contributed by atoms with Gasteiger partial charge in [0.1, 0.15) is 11.5 Å². The Kier molecular flexibility index (Phi) is 4.47. The molecule has 1 aliphatic carbocycles. The number of pyridine rings is 2. The molecule has 1 aromatic carbocycles. The number of benzene rings is 1. The molecule has 0 N–H and O–H groups in total. The first-order valence-electron chi connectivity index (χ1n) is 9.01. The summed E-state index contributed by atoms with van der Waals surface area (Å²) in [7, 11) is 1.98. The van der Waals surface area contributed by atoms with E-state index in [0.29, 0.717) is 11.0 Å². The zero-order chi connectivity index (χ0) is 18.8. The number of fused-ring (bicyclic) bond motifs is 1. The van der Waals surface area contributed by atoms with E-state index in [-0.39, 0.29) is 5.43 Å². The first-order chi connectivity index (χ1) is 13.2. The fraction of sp³-hybridized carbons (Fsp3) is 0.130. The van der Waals surface area contributed by atoms with Crippen molar-refractivity contribution in [1.82, 2.24) is 9.55 Å². The largest absolute Gasteiger partial charge is 0.330 e. The minimum Gasteiger partial charge on any atom is -0.330 e. The number of likely N-dealkylation sites (N-methyl/N-ethyl adjacent to an activating group) is 1. The van der Waals surface area contributed by atoms with Gasteiger partial charge < -0.3 is 4.90 Å². The summed E-state index contributed by atoms with van der Waals surface area (Å²) in [5.74, 6) is 0.781. The van der Waals surface area contributed by atoms with Crippen LogP contribution in [0.2, 0.25) is 0 Å². The van der Waals surface area contributed by atoms with E-state index in [2.05, 4.69) is 29.3 Å². The number of allylic oxidation sites excluding steroid dienone is 5. The van der Waals surface area contributed by atoms with Crippen molar-refractivity contribution in [3.63, 3.8) is 0 Å². The summed E-state index contributed by atoms with van der Waals surface area (Å²) in [5.41, 5.74) is 3.57. The fourth-order valence-electron chi connectivity index (χ4n) is 3.38. The van der Waals surface area contributed by atoms with E-state index in [0.717, 1.165) is 29.2 Å². The standard InChI is InChI=1S/C23H21N3O/c1-17-14-15-24-23-22(17)20(27)16-21(26(23)19-12-8-5-9-13-19)25(2)18-10-6-3-4-7-11-18/h3,5-16H,4H2,1-2H3. The molecule has 2 aromatic heterocycles. The molecule has 3 aromatic rings. The quantitative estimate of drug-likeness (QED) is 0.693. The van der Waals surface area contributed by atoms with Gasteiger partial charge >= 0.3 is 0 Å². The number of rotatable bonds is 3. The van der Waals surface area contributed by atoms with Crippen LogP contribution in [0.15, 0.2) is 89.5 Å². The van der Waals surface area contributed by atoms with E-state index in [9.17, 15) is 4.79 Å². The zero-order valence-electron chi connectivity index (χ0n) is 15.5. The maximum absolute atomic E-state index is 12.9. The summed E-state index contributed by atoms with van der Waals surface area (Å²) < 4.78 is 2.05. The van der Waals surface area contributed by atoms with Crippen molar-refractivity contribution < 1.29 is 0 Å². The number of hydrogen-bond acceptors (Lipinski definition) is 3. The first kappa shape index (κ1) is 17.0. The Morgan fingerprint density at radius 1 is 1.11 bits per heavy atom. The molecular weight excluding hydrogens is 334 g/mol. The molecule has 0 unspecified atom stereocenters. The van der Waals surface area contributed by atoms with Gasteiger partial charge in [0.25, 0.3) is 0 Å². The topological polar surface area (TPSA) is 38.1 Å². The third kappa shape index (κ3) is 3.10. The van der Waals surface area contributed by atoms with Gasteiger partial charge in [0.15, 0.2) is 5.43 Å². The highest BCUT2D eigenvalue weighted by Crippen LogP contribution is 2.27. The Morgan fingerprint density at radius 3 is 2.74 bits per heavy atom. The van der Waals surface area contributed by atoms with Gasteiger partial charge in [-0.1, -0.05) is 36.4 Å². The van der Waals surface area contributed by atoms with Crippen molar-refractivity contribution in [2.24, 2.45) is 0 Å². The molecule has 4 nitrogen and oxygen atoms in total. The van der Waals surface area contributed by atoms with Gasteiger partial charge in [-0.15, -0.1) is 0 Å². The third-order valence-electron chi connectivity index (χ3n) is 4.80. The van der Waals surface area contributed by atoms with Crippen LogP contribution in [0.25, 0.3) is 16.7 Å². The average molecular weight is 355 g/mol. The lowest BCUT2D eigenvalue weighted by Crippen LogP contribution is -2.23. The molecule has 0 amide bonds. The van der Waals surface area contributed by atoms with Crippen molar-refractivity contribution in [3.8, 4) is 5.69 Å². The second-order valence-electron chi connectivity index (χ2n) is 6.58. The highest BCUT2D eigenvalue weighted by Gasteiger charge is 2.17. The van der Waals surface area contributed by atoms with Gasteiger partial charge in [-0.3, -0.25) is 9.36 Å². The summed E-state index contributed by atoms with van der Waals surface area (Å²) in [6, 6.07) is 13.6. The average Bonchev–Trinajstić information content (AvgIpc) is 2.97. The predicted molar refractivity (Wildman–Crippen MR) is 111 cm³/mol. The van der Waals surface area contributed by atoms with Crippen LogP contribution >= 0.6 is 0 Å². The smallest absolute Gasteiger partial charge is 0.193 e. The van der Waals surface area contributed by atoms with E-state index in [1.54, 1.807) is 12.3 Å². The van der Waals surface area contributed by atoms with Crippen LogP contribution in [0.5, 0.6) is 0 Å². The third-order valence-corrected chi connectivity index (χ3v) is 4.80. The molecule has 134 valence electrons. The first-order valence-corrected chi connectivity index (χ1v) is 9.01. The van der Waals surface area contributed by atoms with E-state index < -0.39 is 0 Å². The molecule has 4 heteroatoms. The van der Waals surface area contributed by atoms with Crippen molar-refractivity contribution in [2.75, 3.05) is 11.9 Å². The Morgan fingerprint density at radius 2 is 1.93 bits per heavy atom. The van der Waals surface area contributed by atoms with Crippen LogP contribution in [-0.4, -0.2) is 16.6 Å². The van der Waals surface area contributed by atoms with Gasteiger partial charge in [-0.2, -0.15) is 0 Å². The maximum Gasteiger partial charge on any atom is 0.193 e. The van der Waals surface area contributed by atoms with Gasteiger partial charge in [0.05, 0.1) is 5.39 Å². The van der Waals surface area contributed by atoms with Gasteiger partial charge in [-0.05, 0) is 49.3 Å². The number of para-hydroxylation sites is 1. The lowest BCUT2D eigenvalue weighted by molar-refractivity contribution is 0.979. The monoisotopic (exact) mass is 355 g/mol. The van der Waals surface area contributed by atoms with Crippen LogP contribution in [-0.2, 0) is 0 Å². The fourth-order valence-corrected chi connectivity index (χ4v) is 3.38. The second kappa shape index (κ2) is 7.08. The molecule has 0 radical (unpaired) electrons. The zero-order valence-corrected chi connectivity index (χ0v) is 15.5. The highest BCUT2D eigenvalue weighted by atomic mass is 16.1. The Balaban J connectivity index is 2.04. The molecule has 1 aliphatic rings. The van der Waals surface area contributed by atoms with Gasteiger partial charge in [0, 0.05) is 30.7 Å². The lowest BCUT2D eigenvalue weighted by Gasteiger charge is -2.26. The predicted octanol–water partition coefficient (Wildman–Crippen LogP) is 4.53. The minimum atomic E-state index is -0.0154. The van der Waals surface area contributed by atoms with Crippen LogP contribution in [0.1, 0.15) is 12.0 Å². The van der Waals surface area contributed by atoms with E-state index in [4.69, 9.17) is 0 Å². The molecule has 0 aliphatic heterocycles. The van der Waals surface area contributed by atoms with Gasteiger partial charge in [-0.25, -0.2) is 4.98 Å². The number of nitrogens with zero attached hydrogens (tertiary/aromatic N) is 3. The van der Waals surface area contributed by atoms with Crippen molar-refractivity contribution in [3.05, 3.63) is 101 Å². The molecule has 4 rings (SSSR count). The maximum atomic E-state index is 12.9. The molecule has 27 heavy (non-hydrogen) atoms. The Labute approximate surface area is 158 Å². The molecular formula is C23H21N3O. The lowest BCUT2D eigenvalue weighted by atomic mass is 10.1. The molecule has 0 saturated carbocycles. The number of hydrogen-bond donors (Lipinski definition) is 0. The number of aromatic nitrogens is 2. The van der Waals surface area contributed by atoms with E-state index in [1.165, 1.54) is 0 Å². The summed E-state index contributed by atoms with van der Waals surface area (Å²) >= 11 is 0. The Hall–Kier alpha value is -3.40. The summed E-state index contributed by atoms with van der Waals surface area (Å²) in [5, 5.41) is 0.656. The van der Waals surface area contributed by atoms with Crippen molar-refractivity contribution >= 4 is 16.9 Å².